The number of rotatable bonds is 9. The molecule has 1 atom stereocenters. The summed E-state index contributed by atoms with van der Waals surface area (Å²) in [6.07, 6.45) is 4.17. The number of carbonyl (C=O) groups is 2. The number of hydrogen-bond acceptors (Lipinski definition) is 6. The zero-order valence-electron chi connectivity index (χ0n) is 16.2. The fourth-order valence-electron chi connectivity index (χ4n) is 3.11. The highest BCUT2D eigenvalue weighted by Crippen LogP contribution is 2.46. The lowest BCUT2D eigenvalue weighted by atomic mass is 9.80. The zero-order chi connectivity index (χ0) is 20.2. The van der Waals surface area contributed by atoms with Crippen molar-refractivity contribution in [1.82, 2.24) is 0 Å². The minimum atomic E-state index is -0.524. The van der Waals surface area contributed by atoms with E-state index in [0.29, 0.717) is 24.3 Å². The molecule has 1 N–H and O–H groups in total. The lowest BCUT2D eigenvalue weighted by Gasteiger charge is -2.34. The van der Waals surface area contributed by atoms with Gasteiger partial charge in [0.1, 0.15) is 11.5 Å². The predicted molar refractivity (Wildman–Crippen MR) is 102 cm³/mol. The molecule has 0 amide bonds. The first kappa shape index (κ1) is 20.9. The number of allylic oxidation sites excluding steroid dienone is 2. The van der Waals surface area contributed by atoms with Crippen molar-refractivity contribution in [2.75, 3.05) is 27.4 Å². The summed E-state index contributed by atoms with van der Waals surface area (Å²) in [4.78, 5) is 24.9. The van der Waals surface area contributed by atoms with Crippen molar-refractivity contribution in [3.8, 4) is 11.5 Å². The van der Waals surface area contributed by atoms with Crippen molar-refractivity contribution in [3.05, 3.63) is 47.6 Å². The van der Waals surface area contributed by atoms with E-state index in [-0.39, 0.29) is 35.0 Å². The first-order valence-corrected chi connectivity index (χ1v) is 8.74. The van der Waals surface area contributed by atoms with Gasteiger partial charge >= 0.3 is 0 Å². The minimum absolute atomic E-state index is 0.00364. The second kappa shape index (κ2) is 8.50. The minimum Gasteiger partial charge on any atom is -0.496 e. The molecule has 2 rings (SSSR count). The van der Waals surface area contributed by atoms with E-state index >= 15 is 0 Å². The summed E-state index contributed by atoms with van der Waals surface area (Å²) in [5.41, 5.74) is 0.443. The third-order valence-electron chi connectivity index (χ3n) is 4.65. The Labute approximate surface area is 159 Å². The molecule has 0 spiro atoms. The molecule has 6 nitrogen and oxygen atoms in total. The van der Waals surface area contributed by atoms with Gasteiger partial charge in [0, 0.05) is 24.2 Å². The lowest BCUT2D eigenvalue weighted by Crippen LogP contribution is -2.25. The number of fused-ring (bicyclic) bond motifs is 1. The Morgan fingerprint density at radius 1 is 1.15 bits per heavy atom. The molecule has 0 radical (unpaired) electrons. The average Bonchev–Trinajstić information content (AvgIpc) is 2.66. The van der Waals surface area contributed by atoms with Crippen LogP contribution in [0.4, 0.5) is 0 Å². The van der Waals surface area contributed by atoms with E-state index in [0.717, 1.165) is 0 Å². The molecule has 0 aliphatic heterocycles. The van der Waals surface area contributed by atoms with Crippen molar-refractivity contribution in [2.45, 2.75) is 26.4 Å². The van der Waals surface area contributed by atoms with E-state index < -0.39 is 11.5 Å². The molecular formula is C21H26O6. The lowest BCUT2D eigenvalue weighted by molar-refractivity contribution is -0.0141. The van der Waals surface area contributed by atoms with Gasteiger partial charge in [-0.15, -0.1) is 6.58 Å². The van der Waals surface area contributed by atoms with Gasteiger partial charge in [0.25, 0.3) is 0 Å². The standard InChI is InChI=1S/C21H26O6/c1-6-21(2,3)20(27-11-7-10-22)13-12-16(25-4)17-14(23)8-9-15(24)18(17)19(13)26-5/h6,8-9,12,20,22H,1,7,10-11H2,2-5H3. The maximum absolute atomic E-state index is 12.6. The van der Waals surface area contributed by atoms with Crippen LogP contribution in [0.25, 0.3) is 0 Å². The van der Waals surface area contributed by atoms with E-state index in [1.165, 1.54) is 26.4 Å². The number of aliphatic hydroxyl groups is 1. The number of ether oxygens (including phenoxy) is 3. The monoisotopic (exact) mass is 374 g/mol. The SMILES string of the molecule is C=CC(C)(C)C(OCCCO)c1cc(OC)c2c(c1OC)C(=O)C=CC2=O. The third-order valence-corrected chi connectivity index (χ3v) is 4.65. The molecule has 1 aliphatic rings. The molecule has 0 aromatic heterocycles. The Hall–Kier alpha value is -2.44. The second-order valence-corrected chi connectivity index (χ2v) is 6.87. The van der Waals surface area contributed by atoms with Crippen LogP contribution in [0.1, 0.15) is 52.7 Å². The maximum Gasteiger partial charge on any atom is 0.190 e. The van der Waals surface area contributed by atoms with Crippen LogP contribution in [0, 0.1) is 5.41 Å². The molecule has 146 valence electrons. The molecule has 0 saturated carbocycles. The maximum atomic E-state index is 12.6. The van der Waals surface area contributed by atoms with Gasteiger partial charge in [-0.2, -0.15) is 0 Å². The van der Waals surface area contributed by atoms with Crippen LogP contribution >= 0.6 is 0 Å². The van der Waals surface area contributed by atoms with Crippen molar-refractivity contribution >= 4 is 11.6 Å². The molecule has 1 unspecified atom stereocenters. The van der Waals surface area contributed by atoms with Crippen LogP contribution in [0.3, 0.4) is 0 Å². The van der Waals surface area contributed by atoms with E-state index in [1.54, 1.807) is 12.1 Å². The number of methoxy groups -OCH3 is 2. The van der Waals surface area contributed by atoms with Crippen LogP contribution in [0.5, 0.6) is 11.5 Å². The Morgan fingerprint density at radius 3 is 2.30 bits per heavy atom. The van der Waals surface area contributed by atoms with Crippen LogP contribution < -0.4 is 9.47 Å². The normalized spacial score (nSPS) is 14.7. The number of benzene rings is 1. The molecule has 1 aromatic carbocycles. The van der Waals surface area contributed by atoms with Gasteiger partial charge in [-0.25, -0.2) is 0 Å². The third kappa shape index (κ3) is 3.96. The smallest absolute Gasteiger partial charge is 0.190 e. The molecule has 0 saturated heterocycles. The van der Waals surface area contributed by atoms with Crippen molar-refractivity contribution in [2.24, 2.45) is 5.41 Å². The largest absolute Gasteiger partial charge is 0.496 e. The van der Waals surface area contributed by atoms with Gasteiger partial charge in [-0.3, -0.25) is 9.59 Å². The summed E-state index contributed by atoms with van der Waals surface area (Å²) in [5.74, 6) is -0.0595. The zero-order valence-corrected chi connectivity index (χ0v) is 16.2. The van der Waals surface area contributed by atoms with Gasteiger partial charge < -0.3 is 19.3 Å². The fraction of sp³-hybridized carbons (Fsp3) is 0.429. The van der Waals surface area contributed by atoms with Gasteiger partial charge in [-0.05, 0) is 24.6 Å². The Balaban J connectivity index is 2.73. The molecule has 0 fully saturated rings. The fourth-order valence-corrected chi connectivity index (χ4v) is 3.11. The van der Waals surface area contributed by atoms with Crippen molar-refractivity contribution in [1.29, 1.82) is 0 Å². The number of ketones is 2. The Kier molecular flexibility index (Phi) is 6.57. The number of aliphatic hydroxyl groups excluding tert-OH is 1. The van der Waals surface area contributed by atoms with E-state index in [4.69, 9.17) is 19.3 Å². The molecule has 1 aliphatic carbocycles. The Morgan fingerprint density at radius 2 is 1.78 bits per heavy atom. The summed E-state index contributed by atoms with van der Waals surface area (Å²) >= 11 is 0. The number of hydrogen-bond donors (Lipinski definition) is 1. The topological polar surface area (TPSA) is 82.1 Å². The Bertz CT molecular complexity index is 775. The van der Waals surface area contributed by atoms with Crippen LogP contribution in [0.2, 0.25) is 0 Å². The van der Waals surface area contributed by atoms with Crippen LogP contribution in [-0.2, 0) is 4.74 Å². The quantitative estimate of drug-likeness (QED) is 0.528. The molecule has 0 bridgehead atoms. The average molecular weight is 374 g/mol. The predicted octanol–water partition coefficient (Wildman–Crippen LogP) is 3.29. The highest BCUT2D eigenvalue weighted by molar-refractivity contribution is 6.24. The van der Waals surface area contributed by atoms with Gasteiger partial charge in [0.2, 0.25) is 0 Å². The highest BCUT2D eigenvalue weighted by Gasteiger charge is 2.37. The second-order valence-electron chi connectivity index (χ2n) is 6.87. The van der Waals surface area contributed by atoms with E-state index in [1.807, 2.05) is 13.8 Å². The van der Waals surface area contributed by atoms with Crippen molar-refractivity contribution in [3.63, 3.8) is 0 Å². The molecule has 27 heavy (non-hydrogen) atoms. The summed E-state index contributed by atoms with van der Waals surface area (Å²) < 4.78 is 17.0. The summed E-state index contributed by atoms with van der Waals surface area (Å²) in [7, 11) is 2.90. The van der Waals surface area contributed by atoms with Crippen LogP contribution in [-0.4, -0.2) is 44.1 Å². The van der Waals surface area contributed by atoms with Gasteiger partial charge in [0.05, 0.1) is 31.5 Å². The summed E-state index contributed by atoms with van der Waals surface area (Å²) in [5, 5.41) is 9.08. The summed E-state index contributed by atoms with van der Waals surface area (Å²) in [6, 6.07) is 1.68. The highest BCUT2D eigenvalue weighted by atomic mass is 16.5. The number of carbonyl (C=O) groups excluding carboxylic acids is 2. The first-order chi connectivity index (χ1) is 12.8. The first-order valence-electron chi connectivity index (χ1n) is 8.74. The molecule has 0 heterocycles. The molecule has 6 heteroatoms. The van der Waals surface area contributed by atoms with Gasteiger partial charge in [0.15, 0.2) is 11.6 Å². The molecular weight excluding hydrogens is 348 g/mol. The van der Waals surface area contributed by atoms with E-state index in [9.17, 15) is 9.59 Å². The summed E-state index contributed by atoms with van der Waals surface area (Å²) in [6.45, 7) is 8.10. The van der Waals surface area contributed by atoms with Gasteiger partial charge in [-0.1, -0.05) is 19.9 Å². The van der Waals surface area contributed by atoms with Crippen molar-refractivity contribution < 1.29 is 28.9 Å². The van der Waals surface area contributed by atoms with E-state index in [2.05, 4.69) is 6.58 Å². The molecule has 1 aromatic rings. The van der Waals surface area contributed by atoms with Crippen LogP contribution in [0.15, 0.2) is 30.9 Å².